The highest BCUT2D eigenvalue weighted by Crippen LogP contribution is 2.28. The molecule has 42 heavy (non-hydrogen) atoms. The number of phenolic OH excluding ortho intramolecular Hbond substituents is 1. The van der Waals surface area contributed by atoms with E-state index in [4.69, 9.17) is 0 Å². The van der Waals surface area contributed by atoms with Crippen LogP contribution in [0.1, 0.15) is 61.9 Å². The van der Waals surface area contributed by atoms with Crippen LogP contribution in [0.3, 0.4) is 0 Å². The fourth-order valence-corrected chi connectivity index (χ4v) is 7.13. The molecule has 0 bridgehead atoms. The predicted molar refractivity (Wildman–Crippen MR) is 163 cm³/mol. The highest BCUT2D eigenvalue weighted by atomic mass is 32.2. The van der Waals surface area contributed by atoms with Gasteiger partial charge in [0.1, 0.15) is 11.0 Å². The van der Waals surface area contributed by atoms with Crippen LogP contribution in [0, 0.1) is 6.92 Å². The van der Waals surface area contributed by atoms with E-state index >= 15 is 0 Å². The summed E-state index contributed by atoms with van der Waals surface area (Å²) in [5.74, 6) is -1.79. The van der Waals surface area contributed by atoms with Gasteiger partial charge in [0.05, 0.1) is 15.5 Å². The van der Waals surface area contributed by atoms with Gasteiger partial charge < -0.3 is 15.7 Å². The third-order valence-electron chi connectivity index (χ3n) is 6.60. The minimum absolute atomic E-state index is 0.0136. The quantitative estimate of drug-likeness (QED) is 0.147. The van der Waals surface area contributed by atoms with Gasteiger partial charge in [0.2, 0.25) is 15.9 Å². The van der Waals surface area contributed by atoms with Crippen LogP contribution in [-0.2, 0) is 24.7 Å². The molecule has 0 aliphatic carbocycles. The first kappa shape index (κ1) is 32.8. The Morgan fingerprint density at radius 1 is 0.833 bits per heavy atom. The standard InChI is InChI=1S/C30H37N3O7S2/c1-4-6-7-8-17-31-42(39,40)25-14-10-12-22(19-25)29(35)33-26-16-15-23(20-27(26)34)32-30(36)28(5-2)41(37,38)24-13-9-11-21(3)18-24/h9-16,18-20,28,31,34H,4-8,17H2,1-3H3,(H,32,36)(H,33,35). The number of hydrogen-bond acceptors (Lipinski definition) is 7. The summed E-state index contributed by atoms with van der Waals surface area (Å²) in [6.07, 6.45) is 3.72. The molecule has 0 fully saturated rings. The molecule has 226 valence electrons. The van der Waals surface area contributed by atoms with Crippen LogP contribution in [0.5, 0.6) is 5.75 Å². The van der Waals surface area contributed by atoms with E-state index in [0.29, 0.717) is 13.0 Å². The van der Waals surface area contributed by atoms with E-state index in [-0.39, 0.29) is 38.9 Å². The van der Waals surface area contributed by atoms with Crippen LogP contribution < -0.4 is 15.4 Å². The summed E-state index contributed by atoms with van der Waals surface area (Å²) in [7, 11) is -7.76. The number of sulfone groups is 1. The summed E-state index contributed by atoms with van der Waals surface area (Å²) in [5.41, 5.74) is 0.954. The van der Waals surface area contributed by atoms with Gasteiger partial charge in [-0.1, -0.05) is 51.3 Å². The second-order valence-corrected chi connectivity index (χ2v) is 13.8. The molecule has 3 aromatic rings. The number of anilines is 2. The van der Waals surface area contributed by atoms with Crippen molar-refractivity contribution in [3.63, 3.8) is 0 Å². The Kier molecular flexibility index (Phi) is 11.3. The molecule has 0 aliphatic heterocycles. The van der Waals surface area contributed by atoms with Crippen molar-refractivity contribution in [2.75, 3.05) is 17.2 Å². The van der Waals surface area contributed by atoms with E-state index in [1.807, 2.05) is 0 Å². The molecule has 1 unspecified atom stereocenters. The van der Waals surface area contributed by atoms with Crippen molar-refractivity contribution in [1.29, 1.82) is 0 Å². The number of aromatic hydroxyl groups is 1. The first-order chi connectivity index (χ1) is 19.9. The lowest BCUT2D eigenvalue weighted by atomic mass is 10.2. The van der Waals surface area contributed by atoms with Crippen molar-refractivity contribution in [3.05, 3.63) is 77.9 Å². The molecule has 0 spiro atoms. The minimum Gasteiger partial charge on any atom is -0.506 e. The van der Waals surface area contributed by atoms with E-state index in [1.54, 1.807) is 26.0 Å². The largest absolute Gasteiger partial charge is 0.506 e. The van der Waals surface area contributed by atoms with Crippen molar-refractivity contribution in [2.24, 2.45) is 0 Å². The molecule has 0 aliphatic rings. The van der Waals surface area contributed by atoms with Crippen molar-refractivity contribution in [1.82, 2.24) is 4.72 Å². The monoisotopic (exact) mass is 615 g/mol. The highest BCUT2D eigenvalue weighted by molar-refractivity contribution is 7.92. The number of carbonyl (C=O) groups is 2. The Morgan fingerprint density at radius 2 is 1.55 bits per heavy atom. The highest BCUT2D eigenvalue weighted by Gasteiger charge is 2.32. The van der Waals surface area contributed by atoms with Gasteiger partial charge >= 0.3 is 0 Å². The fraction of sp³-hybridized carbons (Fsp3) is 0.333. The molecule has 3 rings (SSSR count). The summed E-state index contributed by atoms with van der Waals surface area (Å²) in [4.78, 5) is 25.8. The number of aryl methyl sites for hydroxylation is 1. The molecule has 0 radical (unpaired) electrons. The average molecular weight is 616 g/mol. The molecule has 1 atom stereocenters. The molecule has 3 aromatic carbocycles. The van der Waals surface area contributed by atoms with Crippen molar-refractivity contribution >= 4 is 43.0 Å². The Morgan fingerprint density at radius 3 is 2.21 bits per heavy atom. The summed E-state index contributed by atoms with van der Waals surface area (Å²) in [6.45, 7) is 5.72. The molecule has 10 nitrogen and oxygen atoms in total. The summed E-state index contributed by atoms with van der Waals surface area (Å²) in [6, 6.07) is 15.8. The summed E-state index contributed by atoms with van der Waals surface area (Å²) < 4.78 is 54.0. The third kappa shape index (κ3) is 8.40. The van der Waals surface area contributed by atoms with Gasteiger partial charge in [-0.15, -0.1) is 0 Å². The smallest absolute Gasteiger partial charge is 0.255 e. The van der Waals surface area contributed by atoms with Crippen LogP contribution in [0.15, 0.2) is 76.5 Å². The fourth-order valence-electron chi connectivity index (χ4n) is 4.28. The summed E-state index contributed by atoms with van der Waals surface area (Å²) >= 11 is 0. The normalized spacial score (nSPS) is 12.5. The Bertz CT molecular complexity index is 1640. The zero-order valence-corrected chi connectivity index (χ0v) is 25.5. The van der Waals surface area contributed by atoms with Crippen molar-refractivity contribution in [2.45, 2.75) is 67.9 Å². The number of nitrogens with one attached hydrogen (secondary N) is 3. The minimum atomic E-state index is -3.96. The van der Waals surface area contributed by atoms with Crippen molar-refractivity contribution < 1.29 is 31.5 Å². The molecule has 0 saturated heterocycles. The first-order valence-electron chi connectivity index (χ1n) is 13.7. The molecular weight excluding hydrogens is 578 g/mol. The van der Waals surface area contributed by atoms with E-state index in [1.165, 1.54) is 54.6 Å². The van der Waals surface area contributed by atoms with Crippen LogP contribution in [-0.4, -0.2) is 45.6 Å². The molecule has 0 aromatic heterocycles. The van der Waals surface area contributed by atoms with E-state index in [9.17, 15) is 31.5 Å². The Hall–Kier alpha value is -3.74. The maximum atomic E-state index is 13.1. The maximum absolute atomic E-state index is 13.1. The number of amides is 2. The number of rotatable bonds is 14. The maximum Gasteiger partial charge on any atom is 0.255 e. The summed E-state index contributed by atoms with van der Waals surface area (Å²) in [5, 5.41) is 14.2. The number of hydrogen-bond donors (Lipinski definition) is 4. The van der Waals surface area contributed by atoms with Gasteiger partial charge in [-0.25, -0.2) is 21.6 Å². The molecule has 2 amide bonds. The third-order valence-corrected chi connectivity index (χ3v) is 10.3. The lowest BCUT2D eigenvalue weighted by Crippen LogP contribution is -2.34. The SMILES string of the molecule is CCCCCCNS(=O)(=O)c1cccc(C(=O)Nc2ccc(NC(=O)C(CC)S(=O)(=O)c3cccc(C)c3)cc2O)c1. The second-order valence-electron chi connectivity index (χ2n) is 9.92. The van der Waals surface area contributed by atoms with E-state index < -0.39 is 36.9 Å². The second kappa shape index (κ2) is 14.4. The van der Waals surface area contributed by atoms with Gasteiger partial charge in [-0.2, -0.15) is 0 Å². The number of carbonyl (C=O) groups excluding carboxylic acids is 2. The molecule has 0 heterocycles. The van der Waals surface area contributed by atoms with Gasteiger partial charge in [0.15, 0.2) is 9.84 Å². The predicted octanol–water partition coefficient (Wildman–Crippen LogP) is 5.00. The lowest BCUT2D eigenvalue weighted by Gasteiger charge is -2.17. The van der Waals surface area contributed by atoms with Crippen LogP contribution in [0.4, 0.5) is 11.4 Å². The molecule has 0 saturated carbocycles. The van der Waals surface area contributed by atoms with Gasteiger partial charge in [-0.05, 0) is 67.8 Å². The van der Waals surface area contributed by atoms with Gasteiger partial charge in [0, 0.05) is 23.9 Å². The Labute approximate surface area is 247 Å². The number of sulfonamides is 1. The lowest BCUT2D eigenvalue weighted by molar-refractivity contribution is -0.115. The number of phenols is 1. The zero-order chi connectivity index (χ0) is 30.9. The molecule has 12 heteroatoms. The zero-order valence-electron chi connectivity index (χ0n) is 23.9. The average Bonchev–Trinajstić information content (AvgIpc) is 2.94. The van der Waals surface area contributed by atoms with Gasteiger partial charge in [0.25, 0.3) is 5.91 Å². The Balaban J connectivity index is 1.69. The van der Waals surface area contributed by atoms with Crippen LogP contribution in [0.25, 0.3) is 0 Å². The molecule has 4 N–H and O–H groups in total. The number of unbranched alkanes of at least 4 members (excludes halogenated alkanes) is 3. The van der Waals surface area contributed by atoms with Crippen molar-refractivity contribution in [3.8, 4) is 5.75 Å². The van der Waals surface area contributed by atoms with Gasteiger partial charge in [-0.3, -0.25) is 9.59 Å². The van der Waals surface area contributed by atoms with E-state index in [2.05, 4.69) is 22.3 Å². The first-order valence-corrected chi connectivity index (χ1v) is 16.8. The van der Waals surface area contributed by atoms with Crippen LogP contribution in [0.2, 0.25) is 0 Å². The topological polar surface area (TPSA) is 159 Å². The van der Waals surface area contributed by atoms with Crippen LogP contribution >= 0.6 is 0 Å². The molecular formula is C30H37N3O7S2. The van der Waals surface area contributed by atoms with E-state index in [0.717, 1.165) is 24.8 Å². The number of benzene rings is 3.